The van der Waals surface area contributed by atoms with Gasteiger partial charge in [0, 0.05) is 20.1 Å². The molecule has 1 amide bonds. The van der Waals surface area contributed by atoms with E-state index in [1.807, 2.05) is 0 Å². The van der Waals surface area contributed by atoms with Gasteiger partial charge in [-0.15, -0.1) is 0 Å². The summed E-state index contributed by atoms with van der Waals surface area (Å²) < 4.78 is 5.22. The van der Waals surface area contributed by atoms with Crippen LogP contribution in [0.15, 0.2) is 4.52 Å². The van der Waals surface area contributed by atoms with Crippen LogP contribution in [0.4, 0.5) is 0 Å². The summed E-state index contributed by atoms with van der Waals surface area (Å²) in [6.07, 6.45) is 4.62. The van der Waals surface area contributed by atoms with Crippen LogP contribution < -0.4 is 5.32 Å². The molecule has 0 saturated carbocycles. The Morgan fingerprint density at radius 3 is 2.95 bits per heavy atom. The van der Waals surface area contributed by atoms with Crippen molar-refractivity contribution in [1.82, 2.24) is 25.3 Å². The summed E-state index contributed by atoms with van der Waals surface area (Å²) in [6, 6.07) is 0.106. The Morgan fingerprint density at radius 1 is 1.43 bits per heavy atom. The summed E-state index contributed by atoms with van der Waals surface area (Å²) >= 11 is 0. The molecule has 1 aromatic heterocycles. The number of likely N-dealkylation sites (N-methyl/N-ethyl adjacent to an activating group) is 1. The molecule has 0 radical (unpaired) electrons. The predicted octanol–water partition coefficient (Wildman–Crippen LogP) is 0.662. The molecule has 7 heteroatoms. The fourth-order valence-corrected chi connectivity index (χ4v) is 2.93. The highest BCUT2D eigenvalue weighted by atomic mass is 16.5. The highest BCUT2D eigenvalue weighted by molar-refractivity contribution is 5.90. The molecular formula is C14H23N5O2. The van der Waals surface area contributed by atoms with Gasteiger partial charge in [0.05, 0.1) is 6.04 Å². The zero-order valence-electron chi connectivity index (χ0n) is 12.5. The first-order valence-electron chi connectivity index (χ1n) is 7.79. The van der Waals surface area contributed by atoms with E-state index in [9.17, 15) is 4.79 Å². The molecule has 1 atom stereocenters. The maximum Gasteiger partial charge on any atom is 0.295 e. The highest BCUT2D eigenvalue weighted by Gasteiger charge is 2.25. The van der Waals surface area contributed by atoms with Gasteiger partial charge in [0.15, 0.2) is 0 Å². The smallest absolute Gasteiger partial charge is 0.295 e. The summed E-state index contributed by atoms with van der Waals surface area (Å²) in [5, 5.41) is 7.12. The van der Waals surface area contributed by atoms with Crippen molar-refractivity contribution in [2.45, 2.75) is 31.7 Å². The quantitative estimate of drug-likeness (QED) is 0.860. The molecule has 2 saturated heterocycles. The molecule has 21 heavy (non-hydrogen) atoms. The van der Waals surface area contributed by atoms with Crippen LogP contribution in [-0.4, -0.2) is 65.6 Å². The number of nitrogens with one attached hydrogen (secondary N) is 1. The van der Waals surface area contributed by atoms with Crippen molar-refractivity contribution in [3.05, 3.63) is 11.7 Å². The van der Waals surface area contributed by atoms with Crippen LogP contribution in [0.25, 0.3) is 0 Å². The molecule has 2 fully saturated rings. The Morgan fingerprint density at radius 2 is 2.24 bits per heavy atom. The van der Waals surface area contributed by atoms with Crippen LogP contribution in [0.2, 0.25) is 0 Å². The zero-order valence-corrected chi connectivity index (χ0v) is 12.5. The molecule has 3 heterocycles. The minimum Gasteiger partial charge on any atom is -0.338 e. The van der Waals surface area contributed by atoms with Gasteiger partial charge in [0.2, 0.25) is 5.89 Å². The number of likely N-dealkylation sites (tertiary alicyclic amines) is 1. The van der Waals surface area contributed by atoms with Gasteiger partial charge in [0.1, 0.15) is 0 Å². The van der Waals surface area contributed by atoms with Crippen molar-refractivity contribution in [2.75, 3.05) is 39.8 Å². The van der Waals surface area contributed by atoms with Crippen molar-refractivity contribution in [2.24, 2.45) is 0 Å². The van der Waals surface area contributed by atoms with Crippen LogP contribution in [-0.2, 0) is 0 Å². The molecule has 116 valence electrons. The largest absolute Gasteiger partial charge is 0.338 e. The first-order valence-corrected chi connectivity index (χ1v) is 7.79. The number of aromatic nitrogens is 2. The van der Waals surface area contributed by atoms with Crippen LogP contribution in [0.5, 0.6) is 0 Å². The van der Waals surface area contributed by atoms with Crippen LogP contribution >= 0.6 is 0 Å². The molecule has 2 aliphatic rings. The summed E-state index contributed by atoms with van der Waals surface area (Å²) in [5.74, 6) is 0.536. The SMILES string of the molecule is CN(CCN1CCCC1)C(=O)c1noc(C2CCCN2)n1. The second kappa shape index (κ2) is 6.53. The van der Waals surface area contributed by atoms with E-state index in [-0.39, 0.29) is 17.8 Å². The Labute approximate surface area is 124 Å². The lowest BCUT2D eigenvalue weighted by Crippen LogP contribution is -2.35. The Kier molecular flexibility index (Phi) is 4.50. The standard InChI is InChI=1S/C14H23N5O2/c1-18(9-10-19-7-2-3-8-19)14(20)12-16-13(21-17-12)11-5-4-6-15-11/h11,15H,2-10H2,1H3. The van der Waals surface area contributed by atoms with Gasteiger partial charge in [0.25, 0.3) is 11.7 Å². The molecule has 0 spiro atoms. The number of carbonyl (C=O) groups is 1. The van der Waals surface area contributed by atoms with E-state index in [0.717, 1.165) is 39.0 Å². The Bertz CT molecular complexity index is 477. The fourth-order valence-electron chi connectivity index (χ4n) is 2.93. The van der Waals surface area contributed by atoms with Crippen LogP contribution in [0, 0.1) is 0 Å². The molecule has 1 N–H and O–H groups in total. The van der Waals surface area contributed by atoms with E-state index in [0.29, 0.717) is 12.4 Å². The minimum atomic E-state index is -0.165. The monoisotopic (exact) mass is 293 g/mol. The van der Waals surface area contributed by atoms with Gasteiger partial charge >= 0.3 is 0 Å². The van der Waals surface area contributed by atoms with Gasteiger partial charge in [-0.25, -0.2) is 0 Å². The summed E-state index contributed by atoms with van der Waals surface area (Å²) in [7, 11) is 1.79. The van der Waals surface area contributed by atoms with Gasteiger partial charge in [-0.2, -0.15) is 4.98 Å². The van der Waals surface area contributed by atoms with Gasteiger partial charge in [-0.1, -0.05) is 5.16 Å². The van der Waals surface area contributed by atoms with Crippen molar-refractivity contribution in [1.29, 1.82) is 0 Å². The molecular weight excluding hydrogens is 270 g/mol. The molecule has 0 aliphatic carbocycles. The first-order chi connectivity index (χ1) is 10.2. The van der Waals surface area contributed by atoms with Crippen molar-refractivity contribution in [3.8, 4) is 0 Å². The normalized spacial score (nSPS) is 22.8. The van der Waals surface area contributed by atoms with Crippen LogP contribution in [0.3, 0.4) is 0 Å². The lowest BCUT2D eigenvalue weighted by Gasteiger charge is -2.20. The molecule has 0 aromatic carbocycles. The summed E-state index contributed by atoms with van der Waals surface area (Å²) in [6.45, 7) is 4.86. The van der Waals surface area contributed by atoms with E-state index >= 15 is 0 Å². The fraction of sp³-hybridized carbons (Fsp3) is 0.786. The van der Waals surface area contributed by atoms with Gasteiger partial charge in [-0.05, 0) is 45.3 Å². The average molecular weight is 293 g/mol. The van der Waals surface area contributed by atoms with Crippen LogP contribution in [0.1, 0.15) is 48.2 Å². The zero-order chi connectivity index (χ0) is 14.7. The molecule has 7 nitrogen and oxygen atoms in total. The molecule has 1 unspecified atom stereocenters. The van der Waals surface area contributed by atoms with E-state index in [4.69, 9.17) is 4.52 Å². The van der Waals surface area contributed by atoms with E-state index in [1.165, 1.54) is 12.8 Å². The number of hydrogen-bond acceptors (Lipinski definition) is 6. The molecule has 3 rings (SSSR count). The van der Waals surface area contributed by atoms with E-state index < -0.39 is 0 Å². The minimum absolute atomic E-state index is 0.106. The van der Waals surface area contributed by atoms with E-state index in [1.54, 1.807) is 11.9 Å². The van der Waals surface area contributed by atoms with Crippen molar-refractivity contribution < 1.29 is 9.32 Å². The Balaban J connectivity index is 1.53. The van der Waals surface area contributed by atoms with E-state index in [2.05, 4.69) is 20.4 Å². The van der Waals surface area contributed by atoms with Crippen molar-refractivity contribution >= 4 is 5.91 Å². The van der Waals surface area contributed by atoms with Crippen molar-refractivity contribution in [3.63, 3.8) is 0 Å². The lowest BCUT2D eigenvalue weighted by atomic mass is 10.2. The number of carbonyl (C=O) groups excluding carboxylic acids is 1. The maximum atomic E-state index is 12.3. The van der Waals surface area contributed by atoms with Gasteiger partial charge in [-0.3, -0.25) is 4.79 Å². The number of hydrogen-bond donors (Lipinski definition) is 1. The number of rotatable bonds is 5. The first kappa shape index (κ1) is 14.5. The molecule has 1 aromatic rings. The second-order valence-corrected chi connectivity index (χ2v) is 5.88. The molecule has 2 aliphatic heterocycles. The molecule has 0 bridgehead atoms. The third kappa shape index (κ3) is 3.41. The highest BCUT2D eigenvalue weighted by Crippen LogP contribution is 2.21. The summed E-state index contributed by atoms with van der Waals surface area (Å²) in [4.78, 5) is 20.6. The topological polar surface area (TPSA) is 74.5 Å². The third-order valence-electron chi connectivity index (χ3n) is 4.29. The predicted molar refractivity (Wildman–Crippen MR) is 76.9 cm³/mol. The third-order valence-corrected chi connectivity index (χ3v) is 4.29. The number of nitrogens with zero attached hydrogens (tertiary/aromatic N) is 4. The second-order valence-electron chi connectivity index (χ2n) is 5.88. The Hall–Kier alpha value is -1.47. The number of amides is 1. The maximum absolute atomic E-state index is 12.3. The lowest BCUT2D eigenvalue weighted by molar-refractivity contribution is 0.0767. The average Bonchev–Trinajstić information content (AvgIpc) is 3.25. The summed E-state index contributed by atoms with van der Waals surface area (Å²) in [5.41, 5.74) is 0. The van der Waals surface area contributed by atoms with Gasteiger partial charge < -0.3 is 19.6 Å².